The van der Waals surface area contributed by atoms with Gasteiger partial charge < -0.3 is 4.74 Å². The summed E-state index contributed by atoms with van der Waals surface area (Å²) in [5.41, 5.74) is 3.52. The average molecular weight is 245 g/mol. The van der Waals surface area contributed by atoms with E-state index < -0.39 is 0 Å². The van der Waals surface area contributed by atoms with Crippen molar-refractivity contribution in [3.63, 3.8) is 0 Å². The fourth-order valence-electron chi connectivity index (χ4n) is 1.95. The average Bonchev–Trinajstić information content (AvgIpc) is 2.71. The molecule has 1 heterocycles. The first kappa shape index (κ1) is 12.8. The summed E-state index contributed by atoms with van der Waals surface area (Å²) in [6.45, 7) is 6.74. The molecule has 1 aromatic heterocycles. The lowest BCUT2D eigenvalue weighted by atomic mass is 10.1. The summed E-state index contributed by atoms with van der Waals surface area (Å²) in [4.78, 5) is 4.47. The first-order valence-electron chi connectivity index (χ1n) is 6.11. The fraction of sp³-hybridized carbons (Fsp3) is 0.429. The highest BCUT2D eigenvalue weighted by molar-refractivity contribution is 5.42. The van der Waals surface area contributed by atoms with E-state index in [1.807, 2.05) is 11.6 Å². The third kappa shape index (κ3) is 2.59. The van der Waals surface area contributed by atoms with E-state index in [9.17, 15) is 0 Å². The number of nitrogens with zero attached hydrogens (tertiary/aromatic N) is 3. The van der Waals surface area contributed by atoms with Gasteiger partial charge in [0, 0.05) is 13.5 Å². The summed E-state index contributed by atoms with van der Waals surface area (Å²) in [5.74, 6) is 1.74. The van der Waals surface area contributed by atoms with E-state index in [1.165, 1.54) is 11.1 Å². The Morgan fingerprint density at radius 2 is 2.00 bits per heavy atom. The number of rotatable bonds is 4. The van der Waals surface area contributed by atoms with Crippen molar-refractivity contribution in [3.8, 4) is 5.69 Å². The zero-order chi connectivity index (χ0) is 13.1. The van der Waals surface area contributed by atoms with Crippen LogP contribution in [0.15, 0.2) is 18.2 Å². The molecule has 0 aliphatic heterocycles. The molecule has 0 N–H and O–H groups in total. The van der Waals surface area contributed by atoms with Crippen LogP contribution in [0.1, 0.15) is 22.8 Å². The van der Waals surface area contributed by atoms with Crippen LogP contribution in [0.3, 0.4) is 0 Å². The number of benzene rings is 1. The van der Waals surface area contributed by atoms with Gasteiger partial charge in [-0.05, 0) is 38.0 Å². The summed E-state index contributed by atoms with van der Waals surface area (Å²) >= 11 is 0. The first-order chi connectivity index (χ1) is 8.61. The maximum absolute atomic E-state index is 5.12. The van der Waals surface area contributed by atoms with Crippen LogP contribution in [0.2, 0.25) is 0 Å². The molecule has 2 rings (SSSR count). The van der Waals surface area contributed by atoms with Gasteiger partial charge >= 0.3 is 0 Å². The topological polar surface area (TPSA) is 39.9 Å². The van der Waals surface area contributed by atoms with Crippen molar-refractivity contribution in [2.75, 3.05) is 13.7 Å². The summed E-state index contributed by atoms with van der Waals surface area (Å²) in [6, 6.07) is 6.36. The molecule has 0 aliphatic rings. The molecule has 0 aliphatic carbocycles. The molecule has 4 heteroatoms. The molecule has 0 radical (unpaired) electrons. The highest BCUT2D eigenvalue weighted by Gasteiger charge is 2.11. The molecule has 0 saturated heterocycles. The lowest BCUT2D eigenvalue weighted by Gasteiger charge is -2.09. The van der Waals surface area contributed by atoms with Crippen LogP contribution in [-0.4, -0.2) is 28.5 Å². The van der Waals surface area contributed by atoms with Crippen molar-refractivity contribution >= 4 is 0 Å². The van der Waals surface area contributed by atoms with E-state index in [2.05, 4.69) is 42.1 Å². The maximum Gasteiger partial charge on any atom is 0.148 e. The summed E-state index contributed by atoms with van der Waals surface area (Å²) in [6.07, 6.45) is 0.769. The van der Waals surface area contributed by atoms with E-state index in [0.29, 0.717) is 6.61 Å². The monoisotopic (exact) mass is 245 g/mol. The molecule has 2 aromatic rings. The number of hydrogen-bond donors (Lipinski definition) is 0. The SMILES string of the molecule is COCCc1nc(C)nn1-c1cc(C)ccc1C. The number of hydrogen-bond acceptors (Lipinski definition) is 3. The molecule has 4 nitrogen and oxygen atoms in total. The predicted octanol–water partition coefficient (Wildman–Crippen LogP) is 2.38. The standard InChI is InChI=1S/C14H19N3O/c1-10-5-6-11(2)13(9-10)17-14(7-8-18-4)15-12(3)16-17/h5-6,9H,7-8H2,1-4H3. The van der Waals surface area contributed by atoms with E-state index in [0.717, 1.165) is 23.8 Å². The Bertz CT molecular complexity index is 546. The van der Waals surface area contributed by atoms with Crippen LogP contribution in [0, 0.1) is 20.8 Å². The van der Waals surface area contributed by atoms with Crippen LogP contribution in [0.25, 0.3) is 5.69 Å². The molecular formula is C14H19N3O. The second-order valence-corrected chi connectivity index (χ2v) is 4.52. The molecule has 1 aromatic carbocycles. The van der Waals surface area contributed by atoms with E-state index in [4.69, 9.17) is 4.74 Å². The Morgan fingerprint density at radius 3 is 2.72 bits per heavy atom. The maximum atomic E-state index is 5.12. The largest absolute Gasteiger partial charge is 0.384 e. The second-order valence-electron chi connectivity index (χ2n) is 4.52. The molecule has 0 atom stereocenters. The van der Waals surface area contributed by atoms with Gasteiger partial charge in [0.25, 0.3) is 0 Å². The second kappa shape index (κ2) is 5.31. The third-order valence-electron chi connectivity index (χ3n) is 2.90. The van der Waals surface area contributed by atoms with E-state index >= 15 is 0 Å². The van der Waals surface area contributed by atoms with Gasteiger partial charge in [-0.25, -0.2) is 9.67 Å². The zero-order valence-electron chi connectivity index (χ0n) is 11.4. The van der Waals surface area contributed by atoms with Gasteiger partial charge in [-0.1, -0.05) is 12.1 Å². The Balaban J connectivity index is 2.45. The van der Waals surface area contributed by atoms with Gasteiger partial charge in [0.1, 0.15) is 11.6 Å². The van der Waals surface area contributed by atoms with Crippen LogP contribution in [0.4, 0.5) is 0 Å². The van der Waals surface area contributed by atoms with Crippen molar-refractivity contribution in [3.05, 3.63) is 41.0 Å². The van der Waals surface area contributed by atoms with Gasteiger partial charge in [-0.15, -0.1) is 0 Å². The predicted molar refractivity (Wildman–Crippen MR) is 71.2 cm³/mol. The van der Waals surface area contributed by atoms with Crippen LogP contribution < -0.4 is 0 Å². The van der Waals surface area contributed by atoms with Crippen molar-refractivity contribution in [2.24, 2.45) is 0 Å². The highest BCUT2D eigenvalue weighted by Crippen LogP contribution is 2.17. The Hall–Kier alpha value is -1.68. The molecule has 0 bridgehead atoms. The number of aromatic nitrogens is 3. The molecule has 0 amide bonds. The van der Waals surface area contributed by atoms with Gasteiger partial charge in [0.15, 0.2) is 0 Å². The summed E-state index contributed by atoms with van der Waals surface area (Å²) in [5, 5.41) is 4.49. The van der Waals surface area contributed by atoms with E-state index in [-0.39, 0.29) is 0 Å². The van der Waals surface area contributed by atoms with Crippen molar-refractivity contribution in [1.29, 1.82) is 0 Å². The smallest absolute Gasteiger partial charge is 0.148 e. The molecule has 18 heavy (non-hydrogen) atoms. The van der Waals surface area contributed by atoms with Crippen molar-refractivity contribution < 1.29 is 4.74 Å². The van der Waals surface area contributed by atoms with Gasteiger partial charge in [0.2, 0.25) is 0 Å². The van der Waals surface area contributed by atoms with Gasteiger partial charge in [-0.3, -0.25) is 0 Å². The third-order valence-corrected chi connectivity index (χ3v) is 2.90. The summed E-state index contributed by atoms with van der Waals surface area (Å²) in [7, 11) is 1.70. The normalized spacial score (nSPS) is 10.9. The highest BCUT2D eigenvalue weighted by atomic mass is 16.5. The molecule has 0 unspecified atom stereocenters. The number of ether oxygens (including phenoxy) is 1. The minimum absolute atomic E-state index is 0.656. The first-order valence-corrected chi connectivity index (χ1v) is 6.11. The Morgan fingerprint density at radius 1 is 1.22 bits per heavy atom. The lowest BCUT2D eigenvalue weighted by Crippen LogP contribution is -2.07. The molecule has 0 saturated carbocycles. The minimum Gasteiger partial charge on any atom is -0.384 e. The van der Waals surface area contributed by atoms with Crippen molar-refractivity contribution in [2.45, 2.75) is 27.2 Å². The Labute approximate surface area is 108 Å². The fourth-order valence-corrected chi connectivity index (χ4v) is 1.95. The van der Waals surface area contributed by atoms with Crippen LogP contribution >= 0.6 is 0 Å². The Kier molecular flexibility index (Phi) is 3.77. The summed E-state index contributed by atoms with van der Waals surface area (Å²) < 4.78 is 7.05. The molecule has 96 valence electrons. The van der Waals surface area contributed by atoms with Crippen LogP contribution in [0.5, 0.6) is 0 Å². The lowest BCUT2D eigenvalue weighted by molar-refractivity contribution is 0.200. The van der Waals surface area contributed by atoms with Gasteiger partial charge in [-0.2, -0.15) is 5.10 Å². The molecule has 0 fully saturated rings. The van der Waals surface area contributed by atoms with Crippen LogP contribution in [-0.2, 0) is 11.2 Å². The zero-order valence-corrected chi connectivity index (χ0v) is 11.4. The number of aryl methyl sites for hydroxylation is 3. The minimum atomic E-state index is 0.656. The van der Waals surface area contributed by atoms with Gasteiger partial charge in [0.05, 0.1) is 12.3 Å². The number of methoxy groups -OCH3 is 1. The quantitative estimate of drug-likeness (QED) is 0.830. The molecular weight excluding hydrogens is 226 g/mol. The van der Waals surface area contributed by atoms with E-state index in [1.54, 1.807) is 7.11 Å². The van der Waals surface area contributed by atoms with Crippen molar-refractivity contribution in [1.82, 2.24) is 14.8 Å². The molecule has 0 spiro atoms.